The minimum absolute atomic E-state index is 0.168. The lowest BCUT2D eigenvalue weighted by molar-refractivity contribution is -0.116. The van der Waals surface area contributed by atoms with Crippen molar-refractivity contribution in [2.24, 2.45) is 0 Å². The van der Waals surface area contributed by atoms with Crippen molar-refractivity contribution in [1.29, 1.82) is 0 Å². The van der Waals surface area contributed by atoms with Crippen LogP contribution < -0.4 is 9.47 Å². The molecule has 0 bridgehead atoms. The third-order valence-corrected chi connectivity index (χ3v) is 6.40. The molecule has 0 amide bonds. The van der Waals surface area contributed by atoms with Gasteiger partial charge in [-0.05, 0) is 60.7 Å². The average molecular weight is 405 g/mol. The van der Waals surface area contributed by atoms with Gasteiger partial charge in [-0.2, -0.15) is 0 Å². The van der Waals surface area contributed by atoms with Gasteiger partial charge in [-0.1, -0.05) is 12.1 Å². The molecule has 1 aliphatic carbocycles. The lowest BCUT2D eigenvalue weighted by Crippen LogP contribution is -2.36. The summed E-state index contributed by atoms with van der Waals surface area (Å²) in [6, 6.07) is 10.6. The molecule has 0 fully saturated rings. The third-order valence-electron chi connectivity index (χ3n) is 6.40. The number of ketones is 1. The third kappa shape index (κ3) is 2.92. The van der Waals surface area contributed by atoms with Crippen LogP contribution in [0.3, 0.4) is 0 Å². The van der Waals surface area contributed by atoms with Crippen molar-refractivity contribution < 1.29 is 18.7 Å². The molecule has 3 aliphatic rings. The Morgan fingerprint density at radius 3 is 2.47 bits per heavy atom. The Hall–Kier alpha value is -3.08. The first-order valence-electron chi connectivity index (χ1n) is 10.4. The summed E-state index contributed by atoms with van der Waals surface area (Å²) in [5, 5.41) is 0. The van der Waals surface area contributed by atoms with Crippen molar-refractivity contribution in [2.75, 3.05) is 20.8 Å². The van der Waals surface area contributed by atoms with Gasteiger partial charge < -0.3 is 14.4 Å². The molecular formula is C25H24FNO3. The van der Waals surface area contributed by atoms with E-state index in [1.807, 2.05) is 6.07 Å². The fourth-order valence-electron chi connectivity index (χ4n) is 4.98. The van der Waals surface area contributed by atoms with Gasteiger partial charge in [0.05, 0.1) is 14.2 Å². The van der Waals surface area contributed by atoms with Crippen molar-refractivity contribution in [3.05, 3.63) is 76.3 Å². The minimum atomic E-state index is -0.271. The molecule has 5 rings (SSSR count). The highest BCUT2D eigenvalue weighted by Gasteiger charge is 2.37. The second-order valence-corrected chi connectivity index (χ2v) is 7.98. The van der Waals surface area contributed by atoms with E-state index >= 15 is 0 Å². The number of rotatable bonds is 3. The van der Waals surface area contributed by atoms with E-state index < -0.39 is 0 Å². The number of halogens is 1. The van der Waals surface area contributed by atoms with Gasteiger partial charge in [-0.15, -0.1) is 0 Å². The van der Waals surface area contributed by atoms with E-state index in [4.69, 9.17) is 9.47 Å². The van der Waals surface area contributed by atoms with E-state index in [0.717, 1.165) is 59.7 Å². The largest absolute Gasteiger partial charge is 0.493 e. The number of fused-ring (bicyclic) bond motifs is 4. The second-order valence-electron chi connectivity index (χ2n) is 7.98. The molecule has 0 aromatic heterocycles. The van der Waals surface area contributed by atoms with E-state index in [9.17, 15) is 9.18 Å². The number of hydrogen-bond acceptors (Lipinski definition) is 4. The zero-order valence-corrected chi connectivity index (χ0v) is 17.2. The lowest BCUT2D eigenvalue weighted by atomic mass is 9.77. The Labute approximate surface area is 175 Å². The molecule has 0 saturated carbocycles. The van der Waals surface area contributed by atoms with E-state index in [-0.39, 0.29) is 17.5 Å². The molecule has 0 radical (unpaired) electrons. The number of hydrogen-bond donors (Lipinski definition) is 0. The number of methoxy groups -OCH3 is 2. The van der Waals surface area contributed by atoms with Crippen LogP contribution in [0, 0.1) is 5.82 Å². The summed E-state index contributed by atoms with van der Waals surface area (Å²) >= 11 is 0. The molecular weight excluding hydrogens is 381 g/mol. The summed E-state index contributed by atoms with van der Waals surface area (Å²) in [7, 11) is 3.29. The van der Waals surface area contributed by atoms with Gasteiger partial charge in [0.15, 0.2) is 17.3 Å². The Morgan fingerprint density at radius 2 is 1.73 bits per heavy atom. The van der Waals surface area contributed by atoms with Crippen LogP contribution in [-0.4, -0.2) is 31.4 Å². The standard InChI is InChI=1S/C25H24FNO3/c1-29-23-12-16-10-11-27-20-4-3-5-22(28)25(20)19(15-6-8-17(26)9-7-15)13-21(27)18(16)14-24(23)30-2/h6-9,12-14,19H,3-5,10-11H2,1-2H3. The van der Waals surface area contributed by atoms with Crippen molar-refractivity contribution in [2.45, 2.75) is 31.6 Å². The quantitative estimate of drug-likeness (QED) is 0.732. The topological polar surface area (TPSA) is 38.8 Å². The summed E-state index contributed by atoms with van der Waals surface area (Å²) in [6.45, 7) is 0.830. The fourth-order valence-corrected chi connectivity index (χ4v) is 4.98. The molecule has 2 aliphatic heterocycles. The zero-order chi connectivity index (χ0) is 20.8. The van der Waals surface area contributed by atoms with Gasteiger partial charge in [0.1, 0.15) is 5.82 Å². The number of nitrogens with zero attached hydrogens (tertiary/aromatic N) is 1. The predicted molar refractivity (Wildman–Crippen MR) is 113 cm³/mol. The van der Waals surface area contributed by atoms with Crippen LogP contribution in [0.5, 0.6) is 11.5 Å². The minimum Gasteiger partial charge on any atom is -0.493 e. The first-order chi connectivity index (χ1) is 14.6. The SMILES string of the molecule is COc1cc2c(cc1OC)C1=CC(c3ccc(F)cc3)C3=C(CCCC3=O)N1CC2. The van der Waals surface area contributed by atoms with Crippen LogP contribution in [0.2, 0.25) is 0 Å². The van der Waals surface area contributed by atoms with Crippen LogP contribution in [0.1, 0.15) is 41.9 Å². The van der Waals surface area contributed by atoms with Crippen LogP contribution in [0.25, 0.3) is 5.70 Å². The second kappa shape index (κ2) is 7.31. The number of ether oxygens (including phenoxy) is 2. The highest BCUT2D eigenvalue weighted by Crippen LogP contribution is 2.48. The molecule has 2 aromatic rings. The first kappa shape index (κ1) is 18.9. The highest BCUT2D eigenvalue weighted by atomic mass is 19.1. The molecule has 1 atom stereocenters. The zero-order valence-electron chi connectivity index (χ0n) is 17.2. The van der Waals surface area contributed by atoms with Crippen molar-refractivity contribution >= 4 is 11.5 Å². The predicted octanol–water partition coefficient (Wildman–Crippen LogP) is 4.85. The highest BCUT2D eigenvalue weighted by molar-refractivity contribution is 6.00. The normalized spacial score (nSPS) is 20.2. The maximum atomic E-state index is 13.6. The molecule has 2 heterocycles. The molecule has 5 heteroatoms. The average Bonchev–Trinajstić information content (AvgIpc) is 2.78. The van der Waals surface area contributed by atoms with Crippen LogP contribution in [0.15, 0.2) is 53.7 Å². The summed E-state index contributed by atoms with van der Waals surface area (Å²) in [6.07, 6.45) is 5.38. The number of Topliss-reactive ketones (excluding diaryl/α,β-unsaturated/α-hetero) is 1. The number of benzene rings is 2. The Kier molecular flexibility index (Phi) is 4.61. The van der Waals surface area contributed by atoms with Gasteiger partial charge in [0, 0.05) is 41.4 Å². The van der Waals surface area contributed by atoms with Crippen LogP contribution >= 0.6 is 0 Å². The monoisotopic (exact) mass is 405 g/mol. The molecule has 30 heavy (non-hydrogen) atoms. The van der Waals surface area contributed by atoms with Gasteiger partial charge in [-0.25, -0.2) is 4.39 Å². The number of carbonyl (C=O) groups is 1. The van der Waals surface area contributed by atoms with Crippen molar-refractivity contribution in [3.8, 4) is 11.5 Å². The Balaban J connectivity index is 1.69. The maximum absolute atomic E-state index is 13.6. The van der Waals surface area contributed by atoms with Crippen LogP contribution in [0.4, 0.5) is 4.39 Å². The summed E-state index contributed by atoms with van der Waals surface area (Å²) in [5.74, 6) is 1.19. The number of carbonyl (C=O) groups excluding carboxylic acids is 1. The van der Waals surface area contributed by atoms with Gasteiger partial charge in [0.2, 0.25) is 0 Å². The molecule has 0 saturated heterocycles. The van der Waals surface area contributed by atoms with Gasteiger partial charge in [0.25, 0.3) is 0 Å². The molecule has 2 aromatic carbocycles. The Bertz CT molecular complexity index is 1080. The number of allylic oxidation sites excluding steroid dienone is 3. The van der Waals surface area contributed by atoms with Gasteiger partial charge in [-0.3, -0.25) is 4.79 Å². The van der Waals surface area contributed by atoms with Crippen molar-refractivity contribution in [1.82, 2.24) is 4.90 Å². The molecule has 1 unspecified atom stereocenters. The first-order valence-corrected chi connectivity index (χ1v) is 10.4. The van der Waals surface area contributed by atoms with E-state index in [0.29, 0.717) is 12.2 Å². The van der Waals surface area contributed by atoms with E-state index in [2.05, 4.69) is 17.0 Å². The van der Waals surface area contributed by atoms with E-state index in [1.165, 1.54) is 17.7 Å². The molecule has 4 nitrogen and oxygen atoms in total. The maximum Gasteiger partial charge on any atom is 0.161 e. The van der Waals surface area contributed by atoms with Crippen molar-refractivity contribution in [3.63, 3.8) is 0 Å². The fraction of sp³-hybridized carbons (Fsp3) is 0.320. The van der Waals surface area contributed by atoms with Crippen LogP contribution in [-0.2, 0) is 11.2 Å². The smallest absolute Gasteiger partial charge is 0.161 e. The molecule has 0 N–H and O–H groups in total. The summed E-state index contributed by atoms with van der Waals surface area (Å²) in [5.41, 5.74) is 6.35. The molecule has 154 valence electrons. The Morgan fingerprint density at radius 1 is 1.00 bits per heavy atom. The lowest BCUT2D eigenvalue weighted by Gasteiger charge is -2.43. The van der Waals surface area contributed by atoms with Gasteiger partial charge >= 0.3 is 0 Å². The summed E-state index contributed by atoms with van der Waals surface area (Å²) in [4.78, 5) is 15.3. The van der Waals surface area contributed by atoms with E-state index in [1.54, 1.807) is 26.4 Å². The molecule has 0 spiro atoms. The summed E-state index contributed by atoms with van der Waals surface area (Å²) < 4.78 is 24.6.